The number of piperazine rings is 1. The van der Waals surface area contributed by atoms with Gasteiger partial charge in [-0.3, -0.25) is 4.99 Å². The highest BCUT2D eigenvalue weighted by atomic mass is 32.1. The van der Waals surface area contributed by atoms with Gasteiger partial charge in [-0.05, 0) is 57.1 Å². The number of guanidine groups is 1. The van der Waals surface area contributed by atoms with E-state index in [0.29, 0.717) is 0 Å². The standard InChI is InChI=1S/C24H43N5S/c1-3-25-23(26-14-8-9-15-29-18-16-28(4-2)17-19-29)27-21-24(12-6-5-7-13-24)22-11-10-20-30-22/h10-11,20H,3-9,12-19,21H2,1-2H3,(H2,25,26,27). The van der Waals surface area contributed by atoms with E-state index < -0.39 is 0 Å². The molecule has 2 N–H and O–H groups in total. The zero-order valence-corrected chi connectivity index (χ0v) is 20.1. The fourth-order valence-corrected chi connectivity index (χ4v) is 5.84. The van der Waals surface area contributed by atoms with E-state index in [2.05, 4.69) is 51.8 Å². The van der Waals surface area contributed by atoms with Gasteiger partial charge in [-0.15, -0.1) is 11.3 Å². The Balaban J connectivity index is 1.43. The maximum absolute atomic E-state index is 5.06. The van der Waals surface area contributed by atoms with Crippen molar-refractivity contribution in [2.24, 2.45) is 4.99 Å². The number of aliphatic imine (C=N–C) groups is 1. The van der Waals surface area contributed by atoms with Gasteiger partial charge in [0.15, 0.2) is 5.96 Å². The number of nitrogens with zero attached hydrogens (tertiary/aromatic N) is 3. The molecule has 2 heterocycles. The summed E-state index contributed by atoms with van der Waals surface area (Å²) in [5, 5.41) is 9.28. The molecule has 0 amide bonds. The molecule has 0 bridgehead atoms. The monoisotopic (exact) mass is 433 g/mol. The molecular formula is C24H43N5S. The Morgan fingerprint density at radius 1 is 1.03 bits per heavy atom. The molecule has 0 radical (unpaired) electrons. The summed E-state index contributed by atoms with van der Waals surface area (Å²) in [6.45, 7) is 14.6. The molecule has 1 saturated heterocycles. The van der Waals surface area contributed by atoms with Crippen molar-refractivity contribution in [3.63, 3.8) is 0 Å². The van der Waals surface area contributed by atoms with Crippen LogP contribution in [-0.2, 0) is 5.41 Å². The first-order valence-electron chi connectivity index (χ1n) is 12.3. The third kappa shape index (κ3) is 6.96. The van der Waals surface area contributed by atoms with Gasteiger partial charge in [0, 0.05) is 49.6 Å². The lowest BCUT2D eigenvalue weighted by Crippen LogP contribution is -2.46. The first-order chi connectivity index (χ1) is 14.8. The highest BCUT2D eigenvalue weighted by Crippen LogP contribution is 2.41. The largest absolute Gasteiger partial charge is 0.357 e. The average Bonchev–Trinajstić information content (AvgIpc) is 3.34. The summed E-state index contributed by atoms with van der Waals surface area (Å²) < 4.78 is 0. The minimum atomic E-state index is 0.259. The van der Waals surface area contributed by atoms with Crippen LogP contribution in [0.3, 0.4) is 0 Å². The van der Waals surface area contributed by atoms with Gasteiger partial charge in [0.2, 0.25) is 0 Å². The topological polar surface area (TPSA) is 42.9 Å². The van der Waals surface area contributed by atoms with Crippen LogP contribution in [0.15, 0.2) is 22.5 Å². The molecule has 0 spiro atoms. The van der Waals surface area contributed by atoms with E-state index in [1.54, 1.807) is 0 Å². The summed E-state index contributed by atoms with van der Waals surface area (Å²) in [6.07, 6.45) is 9.08. The predicted octanol–water partition coefficient (Wildman–Crippen LogP) is 3.92. The van der Waals surface area contributed by atoms with Crippen molar-refractivity contribution in [3.05, 3.63) is 22.4 Å². The fourth-order valence-electron chi connectivity index (χ4n) is 4.86. The van der Waals surface area contributed by atoms with E-state index in [4.69, 9.17) is 4.99 Å². The molecule has 2 fully saturated rings. The summed E-state index contributed by atoms with van der Waals surface area (Å²) in [5.41, 5.74) is 0.259. The fraction of sp³-hybridized carbons (Fsp3) is 0.792. The van der Waals surface area contributed by atoms with Crippen LogP contribution in [0.4, 0.5) is 0 Å². The number of hydrogen-bond donors (Lipinski definition) is 2. The third-order valence-corrected chi connectivity index (χ3v) is 7.96. The molecule has 30 heavy (non-hydrogen) atoms. The number of unbranched alkanes of at least 4 members (excludes halogenated alkanes) is 1. The Morgan fingerprint density at radius 2 is 1.80 bits per heavy atom. The second kappa shape index (κ2) is 12.7. The second-order valence-electron chi connectivity index (χ2n) is 8.92. The van der Waals surface area contributed by atoms with Gasteiger partial charge < -0.3 is 20.4 Å². The second-order valence-corrected chi connectivity index (χ2v) is 9.87. The molecule has 1 aliphatic carbocycles. The van der Waals surface area contributed by atoms with Crippen LogP contribution < -0.4 is 10.6 Å². The van der Waals surface area contributed by atoms with Gasteiger partial charge in [-0.25, -0.2) is 0 Å². The Bertz CT molecular complexity index is 601. The van der Waals surface area contributed by atoms with Crippen LogP contribution in [0.2, 0.25) is 0 Å². The summed E-state index contributed by atoms with van der Waals surface area (Å²) in [5.74, 6) is 0.996. The SMILES string of the molecule is CCNC(=NCC1(c2cccs2)CCCCC1)NCCCCN1CCN(CC)CC1. The molecule has 1 saturated carbocycles. The number of nitrogens with one attached hydrogen (secondary N) is 2. The Morgan fingerprint density at radius 3 is 2.47 bits per heavy atom. The van der Waals surface area contributed by atoms with Crippen LogP contribution in [-0.4, -0.2) is 74.7 Å². The van der Waals surface area contributed by atoms with Gasteiger partial charge in [0.05, 0.1) is 6.54 Å². The molecule has 1 aromatic rings. The van der Waals surface area contributed by atoms with Crippen molar-refractivity contribution >= 4 is 17.3 Å². The smallest absolute Gasteiger partial charge is 0.191 e. The van der Waals surface area contributed by atoms with Crippen molar-refractivity contribution in [3.8, 4) is 0 Å². The van der Waals surface area contributed by atoms with Crippen molar-refractivity contribution in [2.45, 2.75) is 64.2 Å². The van der Waals surface area contributed by atoms with Crippen LogP contribution in [0.25, 0.3) is 0 Å². The zero-order valence-electron chi connectivity index (χ0n) is 19.3. The summed E-state index contributed by atoms with van der Waals surface area (Å²) in [4.78, 5) is 11.8. The predicted molar refractivity (Wildman–Crippen MR) is 131 cm³/mol. The molecule has 5 nitrogen and oxygen atoms in total. The maximum Gasteiger partial charge on any atom is 0.191 e. The first-order valence-corrected chi connectivity index (χ1v) is 13.1. The van der Waals surface area contributed by atoms with E-state index in [1.807, 2.05) is 11.3 Å². The highest BCUT2D eigenvalue weighted by molar-refractivity contribution is 7.10. The number of likely N-dealkylation sites (N-methyl/N-ethyl adjacent to an activating group) is 1. The summed E-state index contributed by atoms with van der Waals surface area (Å²) in [7, 11) is 0. The maximum atomic E-state index is 5.06. The normalized spacial score (nSPS) is 20.9. The molecule has 1 aromatic heterocycles. The minimum Gasteiger partial charge on any atom is -0.357 e. The lowest BCUT2D eigenvalue weighted by atomic mass is 9.73. The summed E-state index contributed by atoms with van der Waals surface area (Å²) in [6, 6.07) is 4.53. The average molecular weight is 434 g/mol. The Kier molecular flexibility index (Phi) is 9.95. The Labute approximate surface area is 188 Å². The van der Waals surface area contributed by atoms with Crippen molar-refractivity contribution in [1.82, 2.24) is 20.4 Å². The molecule has 1 aliphatic heterocycles. The molecule has 0 atom stereocenters. The number of thiophene rings is 1. The highest BCUT2D eigenvalue weighted by Gasteiger charge is 2.34. The molecule has 170 valence electrons. The third-order valence-electron chi connectivity index (χ3n) is 6.84. The number of hydrogen-bond acceptors (Lipinski definition) is 4. The van der Waals surface area contributed by atoms with E-state index in [-0.39, 0.29) is 5.41 Å². The van der Waals surface area contributed by atoms with Gasteiger partial charge >= 0.3 is 0 Å². The van der Waals surface area contributed by atoms with Gasteiger partial charge in [0.25, 0.3) is 0 Å². The molecule has 0 unspecified atom stereocenters. The molecule has 6 heteroatoms. The van der Waals surface area contributed by atoms with Gasteiger partial charge in [-0.2, -0.15) is 0 Å². The van der Waals surface area contributed by atoms with Crippen molar-refractivity contribution in [2.75, 3.05) is 58.9 Å². The van der Waals surface area contributed by atoms with Crippen LogP contribution in [0.5, 0.6) is 0 Å². The van der Waals surface area contributed by atoms with Gasteiger partial charge in [-0.1, -0.05) is 32.3 Å². The lowest BCUT2D eigenvalue weighted by Gasteiger charge is -2.35. The van der Waals surface area contributed by atoms with E-state index in [0.717, 1.165) is 25.6 Å². The van der Waals surface area contributed by atoms with Crippen LogP contribution >= 0.6 is 11.3 Å². The summed E-state index contributed by atoms with van der Waals surface area (Å²) >= 11 is 1.92. The number of rotatable bonds is 10. The Hall–Kier alpha value is -1.11. The van der Waals surface area contributed by atoms with E-state index in [9.17, 15) is 0 Å². The van der Waals surface area contributed by atoms with Crippen molar-refractivity contribution in [1.29, 1.82) is 0 Å². The molecule has 3 rings (SSSR count). The quantitative estimate of drug-likeness (QED) is 0.333. The van der Waals surface area contributed by atoms with Crippen molar-refractivity contribution < 1.29 is 0 Å². The van der Waals surface area contributed by atoms with Crippen LogP contribution in [0, 0.1) is 0 Å². The minimum absolute atomic E-state index is 0.259. The molecular weight excluding hydrogens is 390 g/mol. The lowest BCUT2D eigenvalue weighted by molar-refractivity contribution is 0.136. The van der Waals surface area contributed by atoms with Crippen LogP contribution in [0.1, 0.15) is 63.7 Å². The molecule has 0 aromatic carbocycles. The molecule has 2 aliphatic rings. The van der Waals surface area contributed by atoms with E-state index >= 15 is 0 Å². The van der Waals surface area contributed by atoms with Gasteiger partial charge in [0.1, 0.15) is 0 Å². The van der Waals surface area contributed by atoms with E-state index in [1.165, 1.54) is 89.1 Å². The zero-order chi connectivity index (χ0) is 21.1. The first kappa shape index (κ1) is 23.6.